The van der Waals surface area contributed by atoms with Crippen LogP contribution in [0.5, 0.6) is 0 Å². The summed E-state index contributed by atoms with van der Waals surface area (Å²) in [7, 11) is 0. The average molecular weight is 295 g/mol. The first-order valence-electron chi connectivity index (χ1n) is 5.60. The highest BCUT2D eigenvalue weighted by Crippen LogP contribution is 2.29. The number of anilines is 2. The van der Waals surface area contributed by atoms with Gasteiger partial charge in [0.2, 0.25) is 0 Å². The van der Waals surface area contributed by atoms with Gasteiger partial charge in [0, 0.05) is 16.3 Å². The van der Waals surface area contributed by atoms with Crippen molar-refractivity contribution in [3.8, 4) is 0 Å². The van der Waals surface area contributed by atoms with Crippen molar-refractivity contribution < 1.29 is 4.79 Å². The van der Waals surface area contributed by atoms with Crippen molar-refractivity contribution in [3.63, 3.8) is 0 Å². The molecule has 3 N–H and O–H groups in total. The summed E-state index contributed by atoms with van der Waals surface area (Å²) >= 11 is 12.1. The lowest BCUT2D eigenvalue weighted by Gasteiger charge is -2.09. The molecular formula is C14H12Cl2N2O. The van der Waals surface area contributed by atoms with Crippen LogP contribution in [0.3, 0.4) is 0 Å². The second kappa shape index (κ2) is 5.51. The Bertz CT molecular complexity index is 641. The molecule has 0 spiro atoms. The third-order valence-electron chi connectivity index (χ3n) is 2.65. The van der Waals surface area contributed by atoms with Crippen LogP contribution in [0.25, 0.3) is 0 Å². The minimum Gasteiger partial charge on any atom is -0.399 e. The molecule has 0 aromatic heterocycles. The molecule has 0 heterocycles. The maximum absolute atomic E-state index is 12.0. The monoisotopic (exact) mass is 294 g/mol. The topological polar surface area (TPSA) is 55.1 Å². The van der Waals surface area contributed by atoms with Gasteiger partial charge in [0.05, 0.1) is 10.7 Å². The van der Waals surface area contributed by atoms with Gasteiger partial charge in [-0.15, -0.1) is 0 Å². The lowest BCUT2D eigenvalue weighted by molar-refractivity contribution is 0.102. The number of nitrogens with one attached hydrogen (secondary N) is 1. The smallest absolute Gasteiger partial charge is 0.255 e. The van der Waals surface area contributed by atoms with E-state index in [1.807, 2.05) is 6.92 Å². The number of amides is 1. The summed E-state index contributed by atoms with van der Waals surface area (Å²) in [5.41, 5.74) is 7.96. The Morgan fingerprint density at radius 2 is 1.89 bits per heavy atom. The third kappa shape index (κ3) is 3.19. The highest BCUT2D eigenvalue weighted by Gasteiger charge is 2.10. The number of carbonyl (C=O) groups is 1. The standard InChI is InChI=1S/C14H12Cl2N2O/c1-8-5-12(16)13(7-11(8)15)18-14(19)9-3-2-4-10(17)6-9/h2-7H,17H2,1H3,(H,18,19). The minimum absolute atomic E-state index is 0.283. The van der Waals surface area contributed by atoms with E-state index < -0.39 is 0 Å². The molecule has 2 aromatic carbocycles. The van der Waals surface area contributed by atoms with Gasteiger partial charge in [0.1, 0.15) is 0 Å². The van der Waals surface area contributed by atoms with Crippen molar-refractivity contribution in [2.45, 2.75) is 6.92 Å². The Hall–Kier alpha value is -1.71. The Morgan fingerprint density at radius 1 is 1.16 bits per heavy atom. The SMILES string of the molecule is Cc1cc(Cl)c(NC(=O)c2cccc(N)c2)cc1Cl. The molecule has 0 bridgehead atoms. The van der Waals surface area contributed by atoms with E-state index in [0.29, 0.717) is 27.0 Å². The van der Waals surface area contributed by atoms with E-state index in [1.165, 1.54) is 0 Å². The zero-order valence-corrected chi connectivity index (χ0v) is 11.7. The predicted molar refractivity (Wildman–Crippen MR) is 80.0 cm³/mol. The first kappa shape index (κ1) is 13.7. The van der Waals surface area contributed by atoms with Crippen LogP contribution in [0, 0.1) is 6.92 Å². The van der Waals surface area contributed by atoms with Gasteiger partial charge in [-0.3, -0.25) is 4.79 Å². The van der Waals surface area contributed by atoms with Crippen LogP contribution >= 0.6 is 23.2 Å². The fraction of sp³-hybridized carbons (Fsp3) is 0.0714. The van der Waals surface area contributed by atoms with Crippen molar-refractivity contribution in [2.24, 2.45) is 0 Å². The second-order valence-corrected chi connectivity index (χ2v) is 4.98. The summed E-state index contributed by atoms with van der Waals surface area (Å²) in [6, 6.07) is 10.0. The lowest BCUT2D eigenvalue weighted by Crippen LogP contribution is -2.12. The molecule has 0 aliphatic carbocycles. The first-order chi connectivity index (χ1) is 8.97. The van der Waals surface area contributed by atoms with Crippen molar-refractivity contribution in [2.75, 3.05) is 11.1 Å². The summed E-state index contributed by atoms with van der Waals surface area (Å²) in [4.78, 5) is 12.0. The highest BCUT2D eigenvalue weighted by molar-refractivity contribution is 6.36. The van der Waals surface area contributed by atoms with E-state index in [2.05, 4.69) is 5.32 Å². The van der Waals surface area contributed by atoms with Gasteiger partial charge < -0.3 is 11.1 Å². The molecule has 0 aliphatic heterocycles. The maximum Gasteiger partial charge on any atom is 0.255 e. The molecule has 3 nitrogen and oxygen atoms in total. The summed E-state index contributed by atoms with van der Waals surface area (Å²) in [5, 5.41) is 3.70. The van der Waals surface area contributed by atoms with E-state index in [9.17, 15) is 4.79 Å². The van der Waals surface area contributed by atoms with E-state index in [1.54, 1.807) is 36.4 Å². The predicted octanol–water partition coefficient (Wildman–Crippen LogP) is 4.14. The molecule has 19 heavy (non-hydrogen) atoms. The fourth-order valence-corrected chi connectivity index (χ4v) is 2.05. The summed E-state index contributed by atoms with van der Waals surface area (Å²) < 4.78 is 0. The minimum atomic E-state index is -0.283. The molecule has 0 unspecified atom stereocenters. The summed E-state index contributed by atoms with van der Waals surface area (Å²) in [6.07, 6.45) is 0. The highest BCUT2D eigenvalue weighted by atomic mass is 35.5. The van der Waals surface area contributed by atoms with Crippen LogP contribution in [0.4, 0.5) is 11.4 Å². The van der Waals surface area contributed by atoms with Crippen LogP contribution in [-0.4, -0.2) is 5.91 Å². The van der Waals surface area contributed by atoms with Gasteiger partial charge in [-0.2, -0.15) is 0 Å². The number of hydrogen-bond donors (Lipinski definition) is 2. The Balaban J connectivity index is 2.27. The normalized spacial score (nSPS) is 10.3. The van der Waals surface area contributed by atoms with Crippen molar-refractivity contribution in [3.05, 3.63) is 57.6 Å². The zero-order chi connectivity index (χ0) is 14.0. The number of aryl methyl sites for hydroxylation is 1. The maximum atomic E-state index is 12.0. The van der Waals surface area contributed by atoms with Crippen molar-refractivity contribution in [1.29, 1.82) is 0 Å². The molecule has 0 saturated carbocycles. The van der Waals surface area contributed by atoms with Gasteiger partial charge >= 0.3 is 0 Å². The number of benzene rings is 2. The van der Waals surface area contributed by atoms with E-state index in [0.717, 1.165) is 5.56 Å². The third-order valence-corrected chi connectivity index (χ3v) is 3.37. The molecule has 2 aromatic rings. The van der Waals surface area contributed by atoms with E-state index in [-0.39, 0.29) is 5.91 Å². The van der Waals surface area contributed by atoms with Gasteiger partial charge in [0.25, 0.3) is 5.91 Å². The lowest BCUT2D eigenvalue weighted by atomic mass is 10.1. The Morgan fingerprint density at radius 3 is 2.58 bits per heavy atom. The summed E-state index contributed by atoms with van der Waals surface area (Å²) in [6.45, 7) is 1.84. The van der Waals surface area contributed by atoms with Crippen LogP contribution < -0.4 is 11.1 Å². The number of nitrogens with two attached hydrogens (primary N) is 1. The van der Waals surface area contributed by atoms with Crippen LogP contribution in [0.15, 0.2) is 36.4 Å². The molecule has 0 aliphatic rings. The molecule has 1 amide bonds. The molecule has 0 atom stereocenters. The van der Waals surface area contributed by atoms with Crippen molar-refractivity contribution in [1.82, 2.24) is 0 Å². The number of carbonyl (C=O) groups excluding carboxylic acids is 1. The average Bonchev–Trinajstić information content (AvgIpc) is 2.36. The van der Waals surface area contributed by atoms with Gasteiger partial charge in [-0.25, -0.2) is 0 Å². The molecule has 2 rings (SSSR count). The molecular weight excluding hydrogens is 283 g/mol. The second-order valence-electron chi connectivity index (χ2n) is 4.16. The molecule has 0 saturated heterocycles. The number of halogens is 2. The van der Waals surface area contributed by atoms with E-state index in [4.69, 9.17) is 28.9 Å². The van der Waals surface area contributed by atoms with Gasteiger partial charge in [-0.1, -0.05) is 29.3 Å². The van der Waals surface area contributed by atoms with Crippen molar-refractivity contribution >= 4 is 40.5 Å². The van der Waals surface area contributed by atoms with E-state index >= 15 is 0 Å². The van der Waals surface area contributed by atoms with Gasteiger partial charge in [-0.05, 0) is 42.8 Å². The zero-order valence-electron chi connectivity index (χ0n) is 10.2. The number of hydrogen-bond acceptors (Lipinski definition) is 2. The molecule has 0 radical (unpaired) electrons. The van der Waals surface area contributed by atoms with Crippen LogP contribution in [0.1, 0.15) is 15.9 Å². The Kier molecular flexibility index (Phi) is 3.98. The molecule has 0 fully saturated rings. The largest absolute Gasteiger partial charge is 0.399 e. The number of rotatable bonds is 2. The van der Waals surface area contributed by atoms with Gasteiger partial charge in [0.15, 0.2) is 0 Å². The quantitative estimate of drug-likeness (QED) is 0.818. The fourth-order valence-electron chi connectivity index (χ4n) is 1.62. The number of nitrogen functional groups attached to an aromatic ring is 1. The van der Waals surface area contributed by atoms with Crippen LogP contribution in [0.2, 0.25) is 10.0 Å². The Labute approximate surface area is 121 Å². The molecule has 5 heteroatoms. The first-order valence-corrected chi connectivity index (χ1v) is 6.35. The van der Waals surface area contributed by atoms with Crippen LogP contribution in [-0.2, 0) is 0 Å². The molecule has 98 valence electrons. The summed E-state index contributed by atoms with van der Waals surface area (Å²) in [5.74, 6) is -0.283.